The monoisotopic (exact) mass is 470 g/mol. The Morgan fingerprint density at radius 1 is 1.06 bits per heavy atom. The summed E-state index contributed by atoms with van der Waals surface area (Å²) < 4.78 is 29.9. The standard InChI is InChI=1S/C22H22N4O4S2/c1-25(2)11-12-26(21(27)18-14-19(30-24-18)15-7-5-4-6-8-15)22-23-17-10-9-16(32(3,28)29)13-20(17)31-22/h4-10,13-14H,11-12H2,1-3H3. The number of fused-ring (bicyclic) bond motifs is 1. The predicted molar refractivity (Wildman–Crippen MR) is 125 cm³/mol. The first-order valence-corrected chi connectivity index (χ1v) is 12.5. The number of carbonyl (C=O) groups is 1. The number of carbonyl (C=O) groups excluding carboxylic acids is 1. The van der Waals surface area contributed by atoms with Crippen molar-refractivity contribution < 1.29 is 17.7 Å². The Bertz CT molecular complexity index is 1360. The number of benzene rings is 2. The molecule has 32 heavy (non-hydrogen) atoms. The van der Waals surface area contributed by atoms with Gasteiger partial charge in [-0.2, -0.15) is 0 Å². The van der Waals surface area contributed by atoms with Crippen molar-refractivity contribution in [3.8, 4) is 11.3 Å². The van der Waals surface area contributed by atoms with Gasteiger partial charge in [0, 0.05) is 31.0 Å². The second-order valence-corrected chi connectivity index (χ2v) is 10.6. The van der Waals surface area contributed by atoms with Crippen LogP contribution in [0.3, 0.4) is 0 Å². The summed E-state index contributed by atoms with van der Waals surface area (Å²) in [6.07, 6.45) is 1.16. The molecule has 1 amide bonds. The number of likely N-dealkylation sites (N-methyl/N-ethyl adjacent to an activating group) is 1. The molecule has 0 atom stereocenters. The lowest BCUT2D eigenvalue weighted by atomic mass is 10.1. The van der Waals surface area contributed by atoms with E-state index in [0.29, 0.717) is 34.2 Å². The minimum absolute atomic E-state index is 0.179. The van der Waals surface area contributed by atoms with Gasteiger partial charge in [-0.05, 0) is 32.3 Å². The van der Waals surface area contributed by atoms with Gasteiger partial charge in [-0.1, -0.05) is 46.8 Å². The molecule has 0 aliphatic carbocycles. The van der Waals surface area contributed by atoms with E-state index >= 15 is 0 Å². The number of anilines is 1. The van der Waals surface area contributed by atoms with Crippen LogP contribution in [0.5, 0.6) is 0 Å². The van der Waals surface area contributed by atoms with Crippen LogP contribution in [0.4, 0.5) is 5.13 Å². The molecular formula is C22H22N4O4S2. The third-order valence-electron chi connectivity index (χ3n) is 4.81. The van der Waals surface area contributed by atoms with Crippen molar-refractivity contribution in [2.45, 2.75) is 4.90 Å². The van der Waals surface area contributed by atoms with Gasteiger partial charge in [0.2, 0.25) is 0 Å². The largest absolute Gasteiger partial charge is 0.355 e. The average Bonchev–Trinajstić information content (AvgIpc) is 3.40. The minimum atomic E-state index is -3.34. The first-order valence-electron chi connectivity index (χ1n) is 9.82. The first-order chi connectivity index (χ1) is 15.2. The van der Waals surface area contributed by atoms with Crippen LogP contribution < -0.4 is 4.90 Å². The van der Waals surface area contributed by atoms with E-state index in [2.05, 4.69) is 10.1 Å². The van der Waals surface area contributed by atoms with Crippen LogP contribution >= 0.6 is 11.3 Å². The van der Waals surface area contributed by atoms with Gasteiger partial charge in [0.15, 0.2) is 26.4 Å². The molecule has 0 spiro atoms. The summed E-state index contributed by atoms with van der Waals surface area (Å²) in [5.74, 6) is 0.170. The molecular weight excluding hydrogens is 448 g/mol. The van der Waals surface area contributed by atoms with Crippen LogP contribution in [0, 0.1) is 0 Å². The molecule has 4 rings (SSSR count). The summed E-state index contributed by atoms with van der Waals surface area (Å²) >= 11 is 1.27. The zero-order chi connectivity index (χ0) is 22.9. The highest BCUT2D eigenvalue weighted by molar-refractivity contribution is 7.90. The number of nitrogens with zero attached hydrogens (tertiary/aromatic N) is 4. The van der Waals surface area contributed by atoms with E-state index in [-0.39, 0.29) is 16.5 Å². The summed E-state index contributed by atoms with van der Waals surface area (Å²) in [6, 6.07) is 15.8. The Kier molecular flexibility index (Phi) is 6.09. The maximum atomic E-state index is 13.4. The molecule has 0 N–H and O–H groups in total. The van der Waals surface area contributed by atoms with Gasteiger partial charge in [0.25, 0.3) is 5.91 Å². The van der Waals surface area contributed by atoms with E-state index in [9.17, 15) is 13.2 Å². The fraction of sp³-hybridized carbons (Fsp3) is 0.227. The number of rotatable bonds is 7. The van der Waals surface area contributed by atoms with Gasteiger partial charge in [-0.25, -0.2) is 13.4 Å². The van der Waals surface area contributed by atoms with Crippen LogP contribution in [0.1, 0.15) is 10.5 Å². The fourth-order valence-electron chi connectivity index (χ4n) is 3.08. The van der Waals surface area contributed by atoms with Crippen molar-refractivity contribution in [1.29, 1.82) is 0 Å². The lowest BCUT2D eigenvalue weighted by molar-refractivity contribution is 0.0976. The van der Waals surface area contributed by atoms with Crippen LogP contribution in [-0.2, 0) is 9.84 Å². The van der Waals surface area contributed by atoms with Crippen molar-refractivity contribution in [2.75, 3.05) is 38.3 Å². The molecule has 0 saturated heterocycles. The van der Waals surface area contributed by atoms with E-state index in [1.165, 1.54) is 17.4 Å². The average molecular weight is 471 g/mol. The maximum absolute atomic E-state index is 13.4. The van der Waals surface area contributed by atoms with Crippen LogP contribution in [0.2, 0.25) is 0 Å². The van der Waals surface area contributed by atoms with Crippen molar-refractivity contribution in [3.05, 3.63) is 60.3 Å². The quantitative estimate of drug-likeness (QED) is 0.407. The number of aromatic nitrogens is 2. The predicted octanol–water partition coefficient (Wildman–Crippen LogP) is 3.56. The molecule has 166 valence electrons. The van der Waals surface area contributed by atoms with E-state index in [1.807, 2.05) is 49.3 Å². The lowest BCUT2D eigenvalue weighted by Gasteiger charge is -2.20. The van der Waals surface area contributed by atoms with Gasteiger partial charge in [-0.3, -0.25) is 9.69 Å². The summed E-state index contributed by atoms with van der Waals surface area (Å²) in [5, 5.41) is 4.46. The Balaban J connectivity index is 1.69. The van der Waals surface area contributed by atoms with Gasteiger partial charge in [0.05, 0.1) is 15.1 Å². The third-order valence-corrected chi connectivity index (χ3v) is 6.96. The fourth-order valence-corrected chi connectivity index (χ4v) is 4.83. The second kappa shape index (κ2) is 8.81. The van der Waals surface area contributed by atoms with E-state index in [0.717, 1.165) is 11.8 Å². The molecule has 10 heteroatoms. The minimum Gasteiger partial charge on any atom is -0.355 e. The van der Waals surface area contributed by atoms with Gasteiger partial charge in [-0.15, -0.1) is 0 Å². The summed E-state index contributed by atoms with van der Waals surface area (Å²) in [4.78, 5) is 21.7. The number of hydrogen-bond donors (Lipinski definition) is 0. The highest BCUT2D eigenvalue weighted by Crippen LogP contribution is 2.32. The Morgan fingerprint density at radius 3 is 2.50 bits per heavy atom. The third kappa shape index (κ3) is 4.72. The summed E-state index contributed by atoms with van der Waals surface area (Å²) in [7, 11) is 0.499. The topological polar surface area (TPSA) is 96.6 Å². The normalized spacial score (nSPS) is 11.9. The molecule has 2 aromatic carbocycles. The molecule has 0 unspecified atom stereocenters. The Morgan fingerprint density at radius 2 is 1.81 bits per heavy atom. The smallest absolute Gasteiger partial charge is 0.282 e. The molecule has 0 bridgehead atoms. The Hall–Kier alpha value is -3.08. The molecule has 0 fully saturated rings. The molecule has 2 heterocycles. The summed E-state index contributed by atoms with van der Waals surface area (Å²) in [5.41, 5.74) is 1.64. The van der Waals surface area contributed by atoms with Crippen molar-refractivity contribution in [1.82, 2.24) is 15.0 Å². The number of hydrogen-bond acceptors (Lipinski definition) is 8. The van der Waals surface area contributed by atoms with Gasteiger partial charge in [0.1, 0.15) is 0 Å². The second-order valence-electron chi connectivity index (χ2n) is 7.60. The van der Waals surface area contributed by atoms with Gasteiger partial charge < -0.3 is 9.42 Å². The first kappa shape index (κ1) is 22.1. The SMILES string of the molecule is CN(C)CCN(C(=O)c1cc(-c2ccccc2)on1)c1nc2ccc(S(C)(=O)=O)cc2s1. The van der Waals surface area contributed by atoms with Crippen molar-refractivity contribution in [2.24, 2.45) is 0 Å². The molecule has 2 aromatic heterocycles. The lowest BCUT2D eigenvalue weighted by Crippen LogP contribution is -2.36. The molecule has 0 saturated carbocycles. The molecule has 0 aliphatic rings. The van der Waals surface area contributed by atoms with E-state index in [1.54, 1.807) is 23.1 Å². The molecule has 4 aromatic rings. The highest BCUT2D eigenvalue weighted by atomic mass is 32.2. The van der Waals surface area contributed by atoms with E-state index in [4.69, 9.17) is 4.52 Å². The van der Waals surface area contributed by atoms with Crippen LogP contribution in [0.25, 0.3) is 21.5 Å². The van der Waals surface area contributed by atoms with Crippen LogP contribution in [-0.4, -0.2) is 62.8 Å². The number of thiazole rings is 1. The number of amides is 1. The Labute approximate surface area is 190 Å². The zero-order valence-electron chi connectivity index (χ0n) is 17.8. The van der Waals surface area contributed by atoms with Crippen LogP contribution in [0.15, 0.2) is 64.0 Å². The molecule has 8 nitrogen and oxygen atoms in total. The zero-order valence-corrected chi connectivity index (χ0v) is 19.5. The highest BCUT2D eigenvalue weighted by Gasteiger charge is 2.25. The van der Waals surface area contributed by atoms with Crippen molar-refractivity contribution >= 4 is 42.4 Å². The van der Waals surface area contributed by atoms with Gasteiger partial charge >= 0.3 is 0 Å². The maximum Gasteiger partial charge on any atom is 0.282 e. The van der Waals surface area contributed by atoms with E-state index < -0.39 is 9.84 Å². The summed E-state index contributed by atoms with van der Waals surface area (Å²) in [6.45, 7) is 0.998. The van der Waals surface area contributed by atoms with Crippen molar-refractivity contribution in [3.63, 3.8) is 0 Å². The number of sulfone groups is 1. The molecule has 0 aliphatic heterocycles. The molecule has 0 radical (unpaired) electrons.